The lowest BCUT2D eigenvalue weighted by molar-refractivity contribution is 0.0659. The van der Waals surface area contributed by atoms with Gasteiger partial charge in [-0.2, -0.15) is 0 Å². The Balaban J connectivity index is 2.90. The Labute approximate surface area is 99.9 Å². The number of carbonyl (C=O) groups is 1. The first kappa shape index (κ1) is 12.9. The maximum atomic E-state index is 12.0. The minimum Gasteiger partial charge on any atom is -0.395 e. The smallest absolute Gasteiger partial charge is 0.272 e. The Kier molecular flexibility index (Phi) is 4.71. The van der Waals surface area contributed by atoms with E-state index < -0.39 is 0 Å². The number of amides is 1. The van der Waals surface area contributed by atoms with Gasteiger partial charge in [-0.15, -0.1) is 0 Å². The van der Waals surface area contributed by atoms with E-state index in [0.29, 0.717) is 17.4 Å². The summed E-state index contributed by atoms with van der Waals surface area (Å²) in [6.45, 7) is 4.01. The maximum absolute atomic E-state index is 12.0. The van der Waals surface area contributed by atoms with Crippen molar-refractivity contribution in [3.63, 3.8) is 0 Å². The fourth-order valence-corrected chi connectivity index (χ4v) is 1.54. The van der Waals surface area contributed by atoms with E-state index in [-0.39, 0.29) is 18.6 Å². The minimum absolute atomic E-state index is 0.0143. The molecule has 0 aromatic carbocycles. The predicted octanol–water partition coefficient (Wildman–Crippen LogP) is 1.58. The molecule has 1 rings (SSSR count). The molecule has 1 amide bonds. The SMILES string of the molecule is CC(C)N(CCO)C(=O)c1cccc(Cl)n1. The van der Waals surface area contributed by atoms with Crippen molar-refractivity contribution in [2.45, 2.75) is 19.9 Å². The topological polar surface area (TPSA) is 53.4 Å². The van der Waals surface area contributed by atoms with Crippen molar-refractivity contribution in [2.24, 2.45) is 0 Å². The third-order valence-electron chi connectivity index (χ3n) is 2.16. The molecule has 0 atom stereocenters. The highest BCUT2D eigenvalue weighted by atomic mass is 35.5. The van der Waals surface area contributed by atoms with E-state index in [4.69, 9.17) is 16.7 Å². The van der Waals surface area contributed by atoms with Gasteiger partial charge in [0, 0.05) is 12.6 Å². The Bertz CT molecular complexity index is 369. The van der Waals surface area contributed by atoms with Gasteiger partial charge < -0.3 is 10.0 Å². The second-order valence-corrected chi connectivity index (χ2v) is 4.05. The zero-order chi connectivity index (χ0) is 12.1. The highest BCUT2D eigenvalue weighted by Gasteiger charge is 2.19. The molecule has 0 saturated carbocycles. The normalized spacial score (nSPS) is 10.6. The quantitative estimate of drug-likeness (QED) is 0.816. The molecular formula is C11H15ClN2O2. The molecule has 0 unspecified atom stereocenters. The average molecular weight is 243 g/mol. The predicted molar refractivity (Wildman–Crippen MR) is 62.5 cm³/mol. The van der Waals surface area contributed by atoms with Gasteiger partial charge in [-0.25, -0.2) is 4.98 Å². The van der Waals surface area contributed by atoms with E-state index in [1.165, 1.54) is 0 Å². The second kappa shape index (κ2) is 5.82. The van der Waals surface area contributed by atoms with Gasteiger partial charge in [-0.05, 0) is 26.0 Å². The summed E-state index contributed by atoms with van der Waals surface area (Å²) in [5.41, 5.74) is 0.301. The van der Waals surface area contributed by atoms with Crippen LogP contribution in [0.4, 0.5) is 0 Å². The number of hydrogen-bond donors (Lipinski definition) is 1. The van der Waals surface area contributed by atoms with Crippen molar-refractivity contribution in [1.82, 2.24) is 9.88 Å². The average Bonchev–Trinajstić information content (AvgIpc) is 2.24. The van der Waals surface area contributed by atoms with Crippen molar-refractivity contribution in [1.29, 1.82) is 0 Å². The number of carbonyl (C=O) groups excluding carboxylic acids is 1. The number of halogens is 1. The van der Waals surface area contributed by atoms with Crippen LogP contribution in [0.25, 0.3) is 0 Å². The lowest BCUT2D eigenvalue weighted by Crippen LogP contribution is -2.39. The molecule has 0 radical (unpaired) electrons. The number of aliphatic hydroxyl groups excluding tert-OH is 1. The van der Waals surface area contributed by atoms with Crippen LogP contribution in [0.15, 0.2) is 18.2 Å². The molecule has 0 fully saturated rings. The molecule has 16 heavy (non-hydrogen) atoms. The molecule has 5 heteroatoms. The van der Waals surface area contributed by atoms with E-state index in [9.17, 15) is 4.79 Å². The van der Waals surface area contributed by atoms with Crippen molar-refractivity contribution in [2.75, 3.05) is 13.2 Å². The molecular weight excluding hydrogens is 228 g/mol. The van der Waals surface area contributed by atoms with Crippen LogP contribution in [-0.2, 0) is 0 Å². The molecule has 1 aromatic heterocycles. The van der Waals surface area contributed by atoms with Gasteiger partial charge in [0.1, 0.15) is 10.8 Å². The van der Waals surface area contributed by atoms with Gasteiger partial charge in [-0.3, -0.25) is 4.79 Å². The molecule has 0 aliphatic heterocycles. The van der Waals surface area contributed by atoms with Gasteiger partial charge in [0.15, 0.2) is 0 Å². The first-order valence-electron chi connectivity index (χ1n) is 5.10. The molecule has 1 heterocycles. The molecule has 0 aliphatic rings. The van der Waals surface area contributed by atoms with Crippen LogP contribution in [0.2, 0.25) is 5.15 Å². The highest BCUT2D eigenvalue weighted by molar-refractivity contribution is 6.29. The largest absolute Gasteiger partial charge is 0.395 e. The van der Waals surface area contributed by atoms with Crippen LogP contribution in [-0.4, -0.2) is 40.1 Å². The third-order valence-corrected chi connectivity index (χ3v) is 2.37. The van der Waals surface area contributed by atoms with Gasteiger partial charge in [0.25, 0.3) is 5.91 Å². The fraction of sp³-hybridized carbons (Fsp3) is 0.455. The summed E-state index contributed by atoms with van der Waals surface area (Å²) in [7, 11) is 0. The monoisotopic (exact) mass is 242 g/mol. The van der Waals surface area contributed by atoms with Crippen molar-refractivity contribution in [3.8, 4) is 0 Å². The molecule has 0 aliphatic carbocycles. The van der Waals surface area contributed by atoms with Gasteiger partial charge >= 0.3 is 0 Å². The molecule has 0 spiro atoms. The van der Waals surface area contributed by atoms with E-state index in [1.54, 1.807) is 23.1 Å². The summed E-state index contributed by atoms with van der Waals surface area (Å²) in [5, 5.41) is 9.19. The number of hydrogen-bond acceptors (Lipinski definition) is 3. The first-order chi connectivity index (χ1) is 7.56. The Morgan fingerprint density at radius 3 is 2.75 bits per heavy atom. The number of aromatic nitrogens is 1. The summed E-state index contributed by atoms with van der Waals surface area (Å²) in [6.07, 6.45) is 0. The van der Waals surface area contributed by atoms with Crippen molar-refractivity contribution in [3.05, 3.63) is 29.0 Å². The van der Waals surface area contributed by atoms with Gasteiger partial charge in [-0.1, -0.05) is 17.7 Å². The standard InChI is InChI=1S/C11H15ClN2O2/c1-8(2)14(6-7-15)11(16)9-4-3-5-10(12)13-9/h3-5,8,15H,6-7H2,1-2H3. The highest BCUT2D eigenvalue weighted by Crippen LogP contribution is 2.09. The summed E-state index contributed by atoms with van der Waals surface area (Å²) in [4.78, 5) is 17.5. The molecule has 88 valence electrons. The van der Waals surface area contributed by atoms with Crippen LogP contribution in [0.1, 0.15) is 24.3 Å². The Hall–Kier alpha value is -1.13. The summed E-state index contributed by atoms with van der Waals surface area (Å²) in [5.74, 6) is -0.216. The maximum Gasteiger partial charge on any atom is 0.272 e. The Morgan fingerprint density at radius 1 is 1.56 bits per heavy atom. The first-order valence-corrected chi connectivity index (χ1v) is 5.48. The number of aliphatic hydroxyl groups is 1. The molecule has 4 nitrogen and oxygen atoms in total. The van der Waals surface area contributed by atoms with Crippen LogP contribution in [0, 0.1) is 0 Å². The number of pyridine rings is 1. The molecule has 0 bridgehead atoms. The summed E-state index contributed by atoms with van der Waals surface area (Å²) < 4.78 is 0. The van der Waals surface area contributed by atoms with Crippen LogP contribution >= 0.6 is 11.6 Å². The van der Waals surface area contributed by atoms with Crippen molar-refractivity contribution < 1.29 is 9.90 Å². The van der Waals surface area contributed by atoms with E-state index in [0.717, 1.165) is 0 Å². The fourth-order valence-electron chi connectivity index (χ4n) is 1.38. The Morgan fingerprint density at radius 2 is 2.25 bits per heavy atom. The summed E-state index contributed by atoms with van der Waals surface area (Å²) in [6, 6.07) is 4.92. The number of rotatable bonds is 4. The lowest BCUT2D eigenvalue weighted by atomic mass is 10.2. The molecule has 1 N–H and O–H groups in total. The van der Waals surface area contributed by atoms with E-state index in [1.807, 2.05) is 13.8 Å². The zero-order valence-corrected chi connectivity index (χ0v) is 10.1. The zero-order valence-electron chi connectivity index (χ0n) is 9.35. The number of nitrogens with zero attached hydrogens (tertiary/aromatic N) is 2. The summed E-state index contributed by atoms with van der Waals surface area (Å²) >= 11 is 5.72. The molecule has 0 saturated heterocycles. The third kappa shape index (κ3) is 3.18. The second-order valence-electron chi connectivity index (χ2n) is 3.66. The van der Waals surface area contributed by atoms with Crippen LogP contribution in [0.3, 0.4) is 0 Å². The van der Waals surface area contributed by atoms with Crippen LogP contribution in [0.5, 0.6) is 0 Å². The van der Waals surface area contributed by atoms with Gasteiger partial charge in [0.05, 0.1) is 6.61 Å². The van der Waals surface area contributed by atoms with Crippen molar-refractivity contribution >= 4 is 17.5 Å². The van der Waals surface area contributed by atoms with Gasteiger partial charge in [0.2, 0.25) is 0 Å². The van der Waals surface area contributed by atoms with E-state index in [2.05, 4.69) is 4.98 Å². The van der Waals surface area contributed by atoms with Crippen LogP contribution < -0.4 is 0 Å². The lowest BCUT2D eigenvalue weighted by Gasteiger charge is -2.25. The van der Waals surface area contributed by atoms with E-state index >= 15 is 0 Å². The molecule has 1 aromatic rings. The minimum atomic E-state index is -0.216.